The maximum absolute atomic E-state index is 5.81. The van der Waals surface area contributed by atoms with Crippen molar-refractivity contribution in [3.8, 4) is 11.5 Å². The van der Waals surface area contributed by atoms with Crippen molar-refractivity contribution in [1.82, 2.24) is 20.4 Å². The number of para-hydroxylation sites is 1. The number of aliphatic imine (C=N–C) groups is 1. The Morgan fingerprint density at radius 3 is 2.26 bits per heavy atom. The standard InChI is InChI=1S/C20H23N5O.HI/c1-21-20(23-15-17-12-13-24-25(17)2)22-14-16-8-10-19(11-9-16)26-18-6-4-3-5-7-18;/h3-13H,14-15H2,1-2H3,(H2,21,22,23);1H. The molecule has 1 aromatic heterocycles. The lowest BCUT2D eigenvalue weighted by molar-refractivity contribution is 0.482. The van der Waals surface area contributed by atoms with Crippen molar-refractivity contribution in [2.45, 2.75) is 13.1 Å². The minimum atomic E-state index is 0. The molecule has 0 aliphatic carbocycles. The molecule has 1 heterocycles. The predicted molar refractivity (Wildman–Crippen MR) is 119 cm³/mol. The summed E-state index contributed by atoms with van der Waals surface area (Å²) in [5.74, 6) is 2.40. The van der Waals surface area contributed by atoms with Crippen LogP contribution >= 0.6 is 24.0 Å². The maximum Gasteiger partial charge on any atom is 0.191 e. The smallest absolute Gasteiger partial charge is 0.191 e. The largest absolute Gasteiger partial charge is 0.457 e. The topological polar surface area (TPSA) is 63.5 Å². The van der Waals surface area contributed by atoms with Crippen LogP contribution in [0, 0.1) is 0 Å². The van der Waals surface area contributed by atoms with Gasteiger partial charge in [-0.05, 0) is 35.9 Å². The molecule has 27 heavy (non-hydrogen) atoms. The molecule has 0 bridgehead atoms. The summed E-state index contributed by atoms with van der Waals surface area (Å²) in [5, 5.41) is 10.7. The van der Waals surface area contributed by atoms with Gasteiger partial charge in [0.15, 0.2) is 5.96 Å². The predicted octanol–water partition coefficient (Wildman–Crippen LogP) is 3.70. The molecule has 0 atom stereocenters. The highest BCUT2D eigenvalue weighted by Gasteiger charge is 2.02. The van der Waals surface area contributed by atoms with Crippen molar-refractivity contribution in [3.63, 3.8) is 0 Å². The third-order valence-electron chi connectivity index (χ3n) is 3.95. The number of benzene rings is 2. The number of rotatable bonds is 6. The average Bonchev–Trinajstić information content (AvgIpc) is 3.09. The van der Waals surface area contributed by atoms with Gasteiger partial charge < -0.3 is 15.4 Å². The molecule has 0 saturated heterocycles. The lowest BCUT2D eigenvalue weighted by Crippen LogP contribution is -2.36. The molecule has 6 nitrogen and oxygen atoms in total. The zero-order valence-electron chi connectivity index (χ0n) is 15.4. The highest BCUT2D eigenvalue weighted by molar-refractivity contribution is 14.0. The third kappa shape index (κ3) is 6.28. The van der Waals surface area contributed by atoms with Crippen LogP contribution in [0.2, 0.25) is 0 Å². The Hall–Kier alpha value is -2.55. The van der Waals surface area contributed by atoms with Crippen LogP contribution in [0.3, 0.4) is 0 Å². The second-order valence-corrected chi connectivity index (χ2v) is 5.78. The van der Waals surface area contributed by atoms with Crippen molar-refractivity contribution < 1.29 is 4.74 Å². The number of hydrogen-bond acceptors (Lipinski definition) is 3. The first-order valence-electron chi connectivity index (χ1n) is 8.48. The summed E-state index contributed by atoms with van der Waals surface area (Å²) in [6, 6.07) is 19.8. The first-order valence-corrected chi connectivity index (χ1v) is 8.48. The highest BCUT2D eigenvalue weighted by Crippen LogP contribution is 2.20. The molecular weight excluding hydrogens is 453 g/mol. The molecule has 3 aromatic rings. The lowest BCUT2D eigenvalue weighted by Gasteiger charge is -2.12. The van der Waals surface area contributed by atoms with Crippen LogP contribution in [-0.2, 0) is 20.1 Å². The number of guanidine groups is 1. The molecule has 0 saturated carbocycles. The van der Waals surface area contributed by atoms with E-state index in [0.717, 1.165) is 28.7 Å². The monoisotopic (exact) mass is 477 g/mol. The summed E-state index contributed by atoms with van der Waals surface area (Å²) in [6.45, 7) is 1.34. The number of halogens is 1. The fourth-order valence-corrected chi connectivity index (χ4v) is 2.46. The molecule has 0 fully saturated rings. The van der Waals surface area contributed by atoms with Crippen LogP contribution in [0.25, 0.3) is 0 Å². The second kappa shape index (κ2) is 10.6. The van der Waals surface area contributed by atoms with Crippen LogP contribution in [-0.4, -0.2) is 22.8 Å². The van der Waals surface area contributed by atoms with E-state index in [2.05, 4.69) is 20.7 Å². The third-order valence-corrected chi connectivity index (χ3v) is 3.95. The molecular formula is C20H24IN5O. The molecule has 0 radical (unpaired) electrons. The summed E-state index contributed by atoms with van der Waals surface area (Å²) in [7, 11) is 3.68. The van der Waals surface area contributed by atoms with Gasteiger partial charge in [0, 0.05) is 26.8 Å². The van der Waals surface area contributed by atoms with Gasteiger partial charge in [-0.3, -0.25) is 9.67 Å². The Kier molecular flexibility index (Phi) is 8.12. The van der Waals surface area contributed by atoms with Gasteiger partial charge in [-0.1, -0.05) is 30.3 Å². The summed E-state index contributed by atoms with van der Waals surface area (Å²) in [6.07, 6.45) is 1.78. The molecule has 142 valence electrons. The van der Waals surface area contributed by atoms with E-state index in [-0.39, 0.29) is 24.0 Å². The van der Waals surface area contributed by atoms with E-state index in [0.29, 0.717) is 13.1 Å². The zero-order valence-corrected chi connectivity index (χ0v) is 17.8. The van der Waals surface area contributed by atoms with Gasteiger partial charge in [-0.2, -0.15) is 5.10 Å². The summed E-state index contributed by atoms with van der Waals surface area (Å²) < 4.78 is 7.65. The van der Waals surface area contributed by atoms with E-state index in [9.17, 15) is 0 Å². The van der Waals surface area contributed by atoms with Crippen molar-refractivity contribution in [1.29, 1.82) is 0 Å². The zero-order chi connectivity index (χ0) is 18.2. The van der Waals surface area contributed by atoms with Crippen LogP contribution in [0.1, 0.15) is 11.3 Å². The first-order chi connectivity index (χ1) is 12.7. The molecule has 7 heteroatoms. The maximum atomic E-state index is 5.81. The molecule has 0 spiro atoms. The van der Waals surface area contributed by atoms with Crippen molar-refractivity contribution in [2.24, 2.45) is 12.0 Å². The van der Waals surface area contributed by atoms with Gasteiger partial charge >= 0.3 is 0 Å². The van der Waals surface area contributed by atoms with Gasteiger partial charge in [0.05, 0.1) is 12.2 Å². The van der Waals surface area contributed by atoms with E-state index >= 15 is 0 Å². The molecule has 0 amide bonds. The molecule has 2 N–H and O–H groups in total. The van der Waals surface area contributed by atoms with Crippen LogP contribution in [0.4, 0.5) is 0 Å². The van der Waals surface area contributed by atoms with Gasteiger partial charge in [0.1, 0.15) is 11.5 Å². The van der Waals surface area contributed by atoms with Crippen LogP contribution < -0.4 is 15.4 Å². The fourth-order valence-electron chi connectivity index (χ4n) is 2.46. The summed E-state index contributed by atoms with van der Waals surface area (Å²) >= 11 is 0. The van der Waals surface area contributed by atoms with E-state index in [1.54, 1.807) is 13.2 Å². The van der Waals surface area contributed by atoms with Crippen molar-refractivity contribution >= 4 is 29.9 Å². The van der Waals surface area contributed by atoms with E-state index in [1.165, 1.54) is 0 Å². The molecule has 0 aliphatic heterocycles. The number of aromatic nitrogens is 2. The van der Waals surface area contributed by atoms with E-state index in [4.69, 9.17) is 4.74 Å². The lowest BCUT2D eigenvalue weighted by atomic mass is 10.2. The molecule has 3 rings (SSSR count). The first kappa shape index (κ1) is 20.8. The summed E-state index contributed by atoms with van der Waals surface area (Å²) in [4.78, 5) is 4.25. The summed E-state index contributed by atoms with van der Waals surface area (Å²) in [5.41, 5.74) is 2.24. The Labute approximate surface area is 176 Å². The van der Waals surface area contributed by atoms with Gasteiger partial charge in [-0.15, -0.1) is 24.0 Å². The molecule has 0 unspecified atom stereocenters. The second-order valence-electron chi connectivity index (χ2n) is 5.78. The number of aryl methyl sites for hydroxylation is 1. The highest BCUT2D eigenvalue weighted by atomic mass is 127. The van der Waals surface area contributed by atoms with Crippen LogP contribution in [0.5, 0.6) is 11.5 Å². The Bertz CT molecular complexity index is 846. The molecule has 2 aromatic carbocycles. The number of nitrogens with one attached hydrogen (secondary N) is 2. The van der Waals surface area contributed by atoms with Gasteiger partial charge in [0.25, 0.3) is 0 Å². The van der Waals surface area contributed by atoms with Gasteiger partial charge in [-0.25, -0.2) is 0 Å². The Balaban J connectivity index is 0.00000261. The Morgan fingerprint density at radius 1 is 0.963 bits per heavy atom. The SMILES string of the molecule is CN=C(NCc1ccc(Oc2ccccc2)cc1)NCc1ccnn1C.I. The fraction of sp³-hybridized carbons (Fsp3) is 0.200. The van der Waals surface area contributed by atoms with E-state index < -0.39 is 0 Å². The quantitative estimate of drug-likeness (QED) is 0.323. The van der Waals surface area contributed by atoms with E-state index in [1.807, 2.05) is 72.4 Å². The Morgan fingerprint density at radius 2 is 1.63 bits per heavy atom. The molecule has 0 aliphatic rings. The number of nitrogens with zero attached hydrogens (tertiary/aromatic N) is 3. The van der Waals surface area contributed by atoms with Crippen LogP contribution in [0.15, 0.2) is 71.9 Å². The number of hydrogen-bond donors (Lipinski definition) is 2. The minimum Gasteiger partial charge on any atom is -0.457 e. The normalized spacial score (nSPS) is 10.8. The van der Waals surface area contributed by atoms with Crippen molar-refractivity contribution in [3.05, 3.63) is 78.1 Å². The van der Waals surface area contributed by atoms with Gasteiger partial charge in [0.2, 0.25) is 0 Å². The van der Waals surface area contributed by atoms with Crippen molar-refractivity contribution in [2.75, 3.05) is 7.05 Å². The minimum absolute atomic E-state index is 0. The average molecular weight is 477 g/mol. The number of ether oxygens (including phenoxy) is 1.